The van der Waals surface area contributed by atoms with Crippen LogP contribution in [0.25, 0.3) is 0 Å². The molecule has 0 amide bonds. The predicted molar refractivity (Wildman–Crippen MR) is 122 cm³/mol. The fraction of sp³-hybridized carbons (Fsp3) is 0.136. The number of para-hydroxylation sites is 1. The number of fused-ring (bicyclic) bond motifs is 1. The molecule has 0 saturated heterocycles. The topological polar surface area (TPSA) is 77.0 Å². The predicted octanol–water partition coefficient (Wildman–Crippen LogP) is 5.67. The van der Waals surface area contributed by atoms with Gasteiger partial charge >= 0.3 is 0 Å². The largest absolute Gasteiger partial charge is 0.490 e. The van der Waals surface area contributed by atoms with Gasteiger partial charge in [0.25, 0.3) is 10.0 Å². The van der Waals surface area contributed by atoms with Crippen molar-refractivity contribution in [3.05, 3.63) is 81.6 Å². The zero-order valence-corrected chi connectivity index (χ0v) is 19.1. The van der Waals surface area contributed by atoms with Crippen molar-refractivity contribution in [1.29, 1.82) is 0 Å². The van der Waals surface area contributed by atoms with Gasteiger partial charge in [-0.1, -0.05) is 41.4 Å². The van der Waals surface area contributed by atoms with Gasteiger partial charge in [0.2, 0.25) is 0 Å². The summed E-state index contributed by atoms with van der Waals surface area (Å²) in [6, 6.07) is 13.6. The van der Waals surface area contributed by atoms with E-state index in [0.717, 1.165) is 0 Å². The van der Waals surface area contributed by atoms with E-state index in [0.29, 0.717) is 29.2 Å². The average molecular weight is 495 g/mol. The Morgan fingerprint density at radius 2 is 1.81 bits per heavy atom. The van der Waals surface area contributed by atoms with Gasteiger partial charge in [0, 0.05) is 11.1 Å². The van der Waals surface area contributed by atoms with E-state index < -0.39 is 15.8 Å². The van der Waals surface area contributed by atoms with Crippen LogP contribution in [0, 0.1) is 5.82 Å². The summed E-state index contributed by atoms with van der Waals surface area (Å²) in [6.45, 7) is 2.13. The first-order chi connectivity index (χ1) is 15.3. The van der Waals surface area contributed by atoms with Gasteiger partial charge in [-0.05, 0) is 43.3 Å². The van der Waals surface area contributed by atoms with Crippen molar-refractivity contribution in [2.24, 2.45) is 4.40 Å². The van der Waals surface area contributed by atoms with E-state index in [4.69, 9.17) is 32.7 Å². The minimum Gasteiger partial charge on any atom is -0.490 e. The first-order valence-electron chi connectivity index (χ1n) is 9.53. The Hall–Kier alpha value is -2.81. The molecule has 3 aromatic rings. The fourth-order valence-corrected chi connectivity index (χ4v) is 4.76. The highest BCUT2D eigenvalue weighted by Gasteiger charge is 2.26. The SMILES string of the molecule is CCOc1cc(C2=NS(=O)(=O)c3ccccc3N2)cc(Cl)c1OCc1ccc(F)cc1Cl. The highest BCUT2D eigenvalue weighted by Crippen LogP contribution is 2.39. The van der Waals surface area contributed by atoms with Crippen molar-refractivity contribution in [2.75, 3.05) is 11.9 Å². The molecule has 6 nitrogen and oxygen atoms in total. The summed E-state index contributed by atoms with van der Waals surface area (Å²) >= 11 is 12.5. The molecule has 1 N–H and O–H groups in total. The zero-order valence-electron chi connectivity index (χ0n) is 16.7. The number of nitrogens with zero attached hydrogens (tertiary/aromatic N) is 1. The second-order valence-corrected chi connectivity index (χ2v) is 9.17. The number of anilines is 1. The molecule has 166 valence electrons. The van der Waals surface area contributed by atoms with Crippen LogP contribution >= 0.6 is 23.2 Å². The van der Waals surface area contributed by atoms with Crippen molar-refractivity contribution < 1.29 is 22.3 Å². The van der Waals surface area contributed by atoms with E-state index >= 15 is 0 Å². The molecule has 3 aromatic carbocycles. The smallest absolute Gasteiger partial charge is 0.286 e. The van der Waals surface area contributed by atoms with E-state index in [1.54, 1.807) is 31.2 Å². The van der Waals surface area contributed by atoms with Crippen LogP contribution in [0.5, 0.6) is 11.5 Å². The van der Waals surface area contributed by atoms with Gasteiger partial charge in [-0.15, -0.1) is 4.40 Å². The Balaban J connectivity index is 1.68. The molecular weight excluding hydrogens is 478 g/mol. The lowest BCUT2D eigenvalue weighted by Gasteiger charge is -2.20. The van der Waals surface area contributed by atoms with Crippen molar-refractivity contribution >= 4 is 44.7 Å². The summed E-state index contributed by atoms with van der Waals surface area (Å²) in [4.78, 5) is 0.0935. The van der Waals surface area contributed by atoms with E-state index in [-0.39, 0.29) is 33.1 Å². The molecule has 0 fully saturated rings. The molecule has 32 heavy (non-hydrogen) atoms. The quantitative estimate of drug-likeness (QED) is 0.477. The number of amidine groups is 1. The zero-order chi connectivity index (χ0) is 22.9. The molecule has 0 atom stereocenters. The van der Waals surface area contributed by atoms with Crippen LogP contribution in [0.4, 0.5) is 10.1 Å². The van der Waals surface area contributed by atoms with Crippen molar-refractivity contribution in [1.82, 2.24) is 0 Å². The van der Waals surface area contributed by atoms with Crippen molar-refractivity contribution in [3.63, 3.8) is 0 Å². The minimum absolute atomic E-state index is 0.0270. The molecule has 0 bridgehead atoms. The third kappa shape index (κ3) is 4.53. The monoisotopic (exact) mass is 494 g/mol. The van der Waals surface area contributed by atoms with Crippen LogP contribution < -0.4 is 14.8 Å². The van der Waals surface area contributed by atoms with Gasteiger partial charge in [0.05, 0.1) is 22.3 Å². The molecule has 10 heteroatoms. The molecule has 0 radical (unpaired) electrons. The molecule has 4 rings (SSSR count). The summed E-state index contributed by atoms with van der Waals surface area (Å²) in [7, 11) is -3.88. The summed E-state index contributed by atoms with van der Waals surface area (Å²) in [6.07, 6.45) is 0. The molecular formula is C22H17Cl2FN2O4S. The summed E-state index contributed by atoms with van der Waals surface area (Å²) in [5, 5.41) is 3.43. The number of sulfonamides is 1. The number of hydrogen-bond acceptors (Lipinski definition) is 5. The highest BCUT2D eigenvalue weighted by atomic mass is 35.5. The second kappa shape index (κ2) is 8.97. The van der Waals surface area contributed by atoms with Crippen LogP contribution in [0.1, 0.15) is 18.1 Å². The molecule has 1 aliphatic heterocycles. The second-order valence-electron chi connectivity index (χ2n) is 6.78. The lowest BCUT2D eigenvalue weighted by molar-refractivity contribution is 0.269. The first-order valence-corrected chi connectivity index (χ1v) is 11.7. The summed E-state index contributed by atoms with van der Waals surface area (Å²) in [5.41, 5.74) is 1.39. The van der Waals surface area contributed by atoms with E-state index in [2.05, 4.69) is 9.71 Å². The summed E-state index contributed by atoms with van der Waals surface area (Å²) in [5.74, 6) is 0.208. The number of rotatable bonds is 6. The van der Waals surface area contributed by atoms with E-state index in [1.807, 2.05) is 0 Å². The number of benzene rings is 3. The lowest BCUT2D eigenvalue weighted by Crippen LogP contribution is -2.22. The maximum atomic E-state index is 13.3. The Morgan fingerprint density at radius 3 is 2.56 bits per heavy atom. The molecule has 0 unspecified atom stereocenters. The molecule has 0 saturated carbocycles. The van der Waals surface area contributed by atoms with Gasteiger partial charge in [0.1, 0.15) is 17.3 Å². The van der Waals surface area contributed by atoms with Crippen LogP contribution in [0.3, 0.4) is 0 Å². The number of halogens is 3. The van der Waals surface area contributed by atoms with Crippen LogP contribution in [0.2, 0.25) is 10.0 Å². The summed E-state index contributed by atoms with van der Waals surface area (Å²) < 4.78 is 53.8. The number of hydrogen-bond donors (Lipinski definition) is 1. The van der Waals surface area contributed by atoms with E-state index in [9.17, 15) is 12.8 Å². The van der Waals surface area contributed by atoms with Gasteiger partial charge in [0.15, 0.2) is 17.3 Å². The standard InChI is InChI=1S/C22H17Cl2FN2O4S/c1-2-30-19-10-14(22-26-18-5-3-4-6-20(18)32(28,29)27-22)9-17(24)21(19)31-12-13-7-8-15(25)11-16(13)23/h3-11H,2,12H2,1H3,(H,26,27). The van der Waals surface area contributed by atoms with Gasteiger partial charge in [-0.3, -0.25) is 0 Å². The number of ether oxygens (including phenoxy) is 2. The maximum absolute atomic E-state index is 13.3. The fourth-order valence-electron chi connectivity index (χ4n) is 3.14. The van der Waals surface area contributed by atoms with Crippen LogP contribution in [-0.2, 0) is 16.6 Å². The van der Waals surface area contributed by atoms with Gasteiger partial charge in [-0.25, -0.2) is 4.39 Å². The minimum atomic E-state index is -3.88. The Kier molecular flexibility index (Phi) is 6.28. The molecule has 0 aliphatic carbocycles. The molecule has 0 aromatic heterocycles. The normalized spacial score (nSPS) is 14.2. The Morgan fingerprint density at radius 1 is 1.03 bits per heavy atom. The van der Waals surface area contributed by atoms with Gasteiger partial charge in [-0.2, -0.15) is 8.42 Å². The van der Waals surface area contributed by atoms with Crippen molar-refractivity contribution in [3.8, 4) is 11.5 Å². The van der Waals surface area contributed by atoms with E-state index in [1.165, 1.54) is 30.3 Å². The maximum Gasteiger partial charge on any atom is 0.286 e. The third-order valence-corrected chi connectivity index (χ3v) is 6.57. The molecule has 0 spiro atoms. The Bertz CT molecular complexity index is 1330. The Labute approximate surface area is 194 Å². The van der Waals surface area contributed by atoms with Gasteiger partial charge < -0.3 is 14.8 Å². The van der Waals surface area contributed by atoms with Crippen LogP contribution in [-0.4, -0.2) is 20.9 Å². The highest BCUT2D eigenvalue weighted by molar-refractivity contribution is 7.90. The lowest BCUT2D eigenvalue weighted by atomic mass is 10.1. The van der Waals surface area contributed by atoms with Crippen LogP contribution in [0.15, 0.2) is 63.9 Å². The molecule has 1 heterocycles. The van der Waals surface area contributed by atoms with Crippen molar-refractivity contribution in [2.45, 2.75) is 18.4 Å². The molecule has 1 aliphatic rings. The average Bonchev–Trinajstić information content (AvgIpc) is 2.74. The number of nitrogens with one attached hydrogen (secondary N) is 1. The third-order valence-electron chi connectivity index (χ3n) is 4.60. The first kappa shape index (κ1) is 22.4.